The topological polar surface area (TPSA) is 165 Å². The average molecular weight is 821 g/mol. The molecule has 6 rings (SSSR count). The lowest BCUT2D eigenvalue weighted by Crippen LogP contribution is -2.45. The second-order valence-electron chi connectivity index (χ2n) is 14.8. The van der Waals surface area contributed by atoms with E-state index in [0.29, 0.717) is 49.3 Å². The van der Waals surface area contributed by atoms with E-state index in [1.165, 1.54) is 59.0 Å². The van der Waals surface area contributed by atoms with Gasteiger partial charge in [0.25, 0.3) is 11.5 Å². The number of rotatable bonds is 10. The molecule has 0 atom stereocenters. The number of halogens is 3. The number of likely N-dealkylation sites (N-methyl/N-ethyl adjacent to an activating group) is 1. The highest BCUT2D eigenvalue weighted by Crippen LogP contribution is 2.32. The second kappa shape index (κ2) is 17.6. The molecule has 0 saturated heterocycles. The molecule has 2 N–H and O–H groups in total. The van der Waals surface area contributed by atoms with E-state index in [1.807, 2.05) is 21.1 Å². The summed E-state index contributed by atoms with van der Waals surface area (Å²) in [6, 6.07) is 19.4. The van der Waals surface area contributed by atoms with Gasteiger partial charge in [-0.3, -0.25) is 19.1 Å². The zero-order chi connectivity index (χ0) is 42.4. The first-order valence-electron chi connectivity index (χ1n) is 18.2. The third kappa shape index (κ3) is 10.5. The van der Waals surface area contributed by atoms with Crippen LogP contribution in [0, 0.1) is 12.5 Å². The van der Waals surface area contributed by atoms with Gasteiger partial charge in [0.15, 0.2) is 5.69 Å². The highest BCUT2D eigenvalue weighted by atomic mass is 32.2. The largest absolute Gasteiger partial charge is 0.744 e. The Labute approximate surface area is 333 Å². The summed E-state index contributed by atoms with van der Waals surface area (Å²) in [4.78, 5) is 44.0. The molecule has 2 aromatic heterocycles. The fraction of sp³-hybridized carbons (Fsp3) is 0.325. The quantitative estimate of drug-likeness (QED) is 0.110. The first-order valence-corrected chi connectivity index (χ1v) is 19.6. The van der Waals surface area contributed by atoms with Crippen LogP contribution in [0.2, 0.25) is 0 Å². The van der Waals surface area contributed by atoms with Gasteiger partial charge in [-0.2, -0.15) is 18.3 Å². The summed E-state index contributed by atoms with van der Waals surface area (Å²) >= 11 is 0. The smallest absolute Gasteiger partial charge is 0.416 e. The van der Waals surface area contributed by atoms with Gasteiger partial charge in [0.1, 0.15) is 21.4 Å². The highest BCUT2D eigenvalue weighted by molar-refractivity contribution is 7.85. The average Bonchev–Trinajstić information content (AvgIpc) is 3.76. The minimum absolute atomic E-state index is 0.0137. The number of hydrogen-bond acceptors (Lipinski definition) is 7. The zero-order valence-electron chi connectivity index (χ0n) is 32.2. The van der Waals surface area contributed by atoms with Crippen LogP contribution in [-0.4, -0.2) is 88.7 Å². The van der Waals surface area contributed by atoms with Crippen LogP contribution in [0.4, 0.5) is 18.9 Å². The van der Waals surface area contributed by atoms with Crippen molar-refractivity contribution >= 4 is 27.6 Å². The number of quaternary nitrogens is 1. The van der Waals surface area contributed by atoms with Gasteiger partial charge in [0, 0.05) is 19.0 Å². The highest BCUT2D eigenvalue weighted by Gasteiger charge is 2.34. The van der Waals surface area contributed by atoms with Crippen molar-refractivity contribution in [3.8, 4) is 22.8 Å². The van der Waals surface area contributed by atoms with E-state index in [4.69, 9.17) is 6.57 Å². The summed E-state index contributed by atoms with van der Waals surface area (Å²) in [7, 11) is 3.39. The maximum absolute atomic E-state index is 14.1. The first kappa shape index (κ1) is 43.1. The van der Waals surface area contributed by atoms with Crippen molar-refractivity contribution in [3.63, 3.8) is 0 Å². The van der Waals surface area contributed by atoms with Gasteiger partial charge in [-0.25, -0.2) is 22.6 Å². The molecule has 0 aliphatic heterocycles. The van der Waals surface area contributed by atoms with E-state index in [0.717, 1.165) is 27.8 Å². The Bertz CT molecular complexity index is 2460. The molecular weight excluding hydrogens is 778 g/mol. The summed E-state index contributed by atoms with van der Waals surface area (Å²) in [5.41, 5.74) is -0.619. The molecule has 1 aliphatic rings. The number of hydrogen-bond donors (Lipinski definition) is 2. The molecule has 5 aromatic rings. The Morgan fingerprint density at radius 1 is 0.948 bits per heavy atom. The number of alkyl halides is 3. The summed E-state index contributed by atoms with van der Waals surface area (Å²) in [5.74, 6) is -0.872. The molecule has 18 heteroatoms. The Morgan fingerprint density at radius 2 is 1.60 bits per heavy atom. The summed E-state index contributed by atoms with van der Waals surface area (Å²) in [5, 5.41) is 10.4. The van der Waals surface area contributed by atoms with Crippen LogP contribution < -0.4 is 16.2 Å². The number of amides is 2. The van der Waals surface area contributed by atoms with Crippen molar-refractivity contribution in [1.82, 2.24) is 29.8 Å². The lowest BCUT2D eigenvalue weighted by atomic mass is 9.85. The Kier molecular flexibility index (Phi) is 13.1. The van der Waals surface area contributed by atoms with Crippen molar-refractivity contribution in [2.24, 2.45) is 13.0 Å². The molecule has 1 fully saturated rings. The van der Waals surface area contributed by atoms with Crippen molar-refractivity contribution < 1.29 is 40.2 Å². The zero-order valence-corrected chi connectivity index (χ0v) is 33.0. The monoisotopic (exact) mass is 820 g/mol. The van der Waals surface area contributed by atoms with Gasteiger partial charge in [0.2, 0.25) is 5.91 Å². The van der Waals surface area contributed by atoms with E-state index in [2.05, 4.69) is 20.6 Å². The van der Waals surface area contributed by atoms with Crippen molar-refractivity contribution in [2.75, 3.05) is 34.2 Å². The number of carbonyl (C=O) groups is 2. The SMILES string of the molecule is O=S(=O)([O-])c1ccccc1.[C-]#[N+]c1ccc(-n2nccc2-c2c(C(=O)NC3CCC(C(=O)NCC[N+](C)(C)C)CC3)c(=O)n(-c3cccc(C(F)(F)F)c3)n2C)cc1. The van der Waals surface area contributed by atoms with Gasteiger partial charge in [-0.1, -0.05) is 36.4 Å². The van der Waals surface area contributed by atoms with Gasteiger partial charge < -0.3 is 19.7 Å². The molecule has 0 bridgehead atoms. The van der Waals surface area contributed by atoms with Gasteiger partial charge >= 0.3 is 6.18 Å². The maximum atomic E-state index is 14.1. The molecule has 306 valence electrons. The lowest BCUT2D eigenvalue weighted by Gasteiger charge is -2.29. The number of benzene rings is 3. The summed E-state index contributed by atoms with van der Waals surface area (Å²) in [6.45, 7) is 8.60. The number of nitrogens with one attached hydrogen (secondary N) is 2. The molecule has 3 aromatic carbocycles. The number of aromatic nitrogens is 4. The van der Waals surface area contributed by atoms with Gasteiger partial charge in [-0.05, 0) is 74.2 Å². The fourth-order valence-electron chi connectivity index (χ4n) is 6.57. The molecule has 0 unspecified atom stereocenters. The minimum Gasteiger partial charge on any atom is -0.744 e. The maximum Gasteiger partial charge on any atom is 0.416 e. The molecule has 1 aliphatic carbocycles. The Hall–Kier alpha value is -6.03. The van der Waals surface area contributed by atoms with E-state index in [-0.39, 0.29) is 39.7 Å². The molecule has 0 spiro atoms. The van der Waals surface area contributed by atoms with Crippen LogP contribution in [0.15, 0.2) is 101 Å². The normalized spacial score (nSPS) is 15.8. The summed E-state index contributed by atoms with van der Waals surface area (Å²) in [6.07, 6.45) is -0.998. The van der Waals surface area contributed by atoms with Crippen LogP contribution in [-0.2, 0) is 28.1 Å². The molecule has 2 amide bonds. The van der Waals surface area contributed by atoms with Crippen LogP contribution in [0.3, 0.4) is 0 Å². The standard InChI is InChI=1S/C34H37F3N8O3.C6H6O3S/c1-38-24-13-15-26(16-14-24)43-28(17-18-40-43)30-29(33(48)44(42(30)2)27-8-6-7-23(21-27)34(35,36)37)32(47)41-25-11-9-22(10-12-25)31(46)39-19-20-45(3,4)5;7-10(8,9)6-4-2-1-3-5-6/h6-8,13-18,21-22,25H,9-12,19-20H2,2-5H3,(H-,39,41,46,47);1-5H,(H,7,8,9). The number of carbonyl (C=O) groups excluding carboxylic acids is 2. The third-order valence-corrected chi connectivity index (χ3v) is 10.4. The van der Waals surface area contributed by atoms with E-state index >= 15 is 0 Å². The Morgan fingerprint density at radius 3 is 2.17 bits per heavy atom. The van der Waals surface area contributed by atoms with E-state index in [1.54, 1.807) is 36.4 Å². The minimum atomic E-state index is -4.65. The molecule has 58 heavy (non-hydrogen) atoms. The van der Waals surface area contributed by atoms with Crippen LogP contribution in [0.25, 0.3) is 27.6 Å². The lowest BCUT2D eigenvalue weighted by molar-refractivity contribution is -0.869. The van der Waals surface area contributed by atoms with E-state index in [9.17, 15) is 40.5 Å². The fourth-order valence-corrected chi connectivity index (χ4v) is 7.06. The van der Waals surface area contributed by atoms with Crippen LogP contribution in [0.5, 0.6) is 0 Å². The molecule has 14 nitrogen and oxygen atoms in total. The predicted octanol–water partition coefficient (Wildman–Crippen LogP) is 5.30. The van der Waals surface area contributed by atoms with Crippen molar-refractivity contribution in [1.29, 1.82) is 0 Å². The van der Waals surface area contributed by atoms with Crippen LogP contribution in [0.1, 0.15) is 41.6 Å². The van der Waals surface area contributed by atoms with Gasteiger partial charge in [0.05, 0.1) is 74.5 Å². The molecular formula is C40H43F3N8O6S. The molecule has 1 saturated carbocycles. The predicted molar refractivity (Wildman–Crippen MR) is 208 cm³/mol. The second-order valence-corrected chi connectivity index (χ2v) is 16.1. The summed E-state index contributed by atoms with van der Waals surface area (Å²) < 4.78 is 76.4. The van der Waals surface area contributed by atoms with Crippen molar-refractivity contribution in [3.05, 3.63) is 124 Å². The number of nitrogens with zero attached hydrogens (tertiary/aromatic N) is 6. The third-order valence-electron chi connectivity index (χ3n) is 9.57. The molecule has 0 radical (unpaired) electrons. The first-order chi connectivity index (χ1) is 27.3. The Balaban J connectivity index is 0.000000559. The van der Waals surface area contributed by atoms with Crippen molar-refractivity contribution in [2.45, 2.75) is 42.8 Å². The van der Waals surface area contributed by atoms with Crippen LogP contribution >= 0.6 is 0 Å². The van der Waals surface area contributed by atoms with E-state index < -0.39 is 33.3 Å². The molecule has 2 heterocycles. The van der Waals surface area contributed by atoms with Gasteiger partial charge in [-0.15, -0.1) is 0 Å².